The minimum Gasteiger partial charge on any atom is -0.496 e. The minimum atomic E-state index is -0.429. The number of amides is 1. The number of aryl methyl sites for hydroxylation is 2. The summed E-state index contributed by atoms with van der Waals surface area (Å²) in [7, 11) is 2.91. The Hall–Kier alpha value is -3.80. The van der Waals surface area contributed by atoms with Gasteiger partial charge in [-0.3, -0.25) is 4.79 Å². The third-order valence-corrected chi connectivity index (χ3v) is 5.25. The van der Waals surface area contributed by atoms with Crippen molar-refractivity contribution in [2.45, 2.75) is 27.4 Å². The first-order chi connectivity index (χ1) is 15.3. The van der Waals surface area contributed by atoms with Gasteiger partial charge in [-0.2, -0.15) is 0 Å². The van der Waals surface area contributed by atoms with E-state index in [4.69, 9.17) is 9.47 Å². The maximum Gasteiger partial charge on any atom is 0.337 e. The summed E-state index contributed by atoms with van der Waals surface area (Å²) in [6.07, 6.45) is 0. The van der Waals surface area contributed by atoms with Crippen LogP contribution in [0.15, 0.2) is 54.6 Å². The van der Waals surface area contributed by atoms with E-state index in [-0.39, 0.29) is 12.5 Å². The molecule has 3 rings (SSSR count). The van der Waals surface area contributed by atoms with E-state index >= 15 is 0 Å². The van der Waals surface area contributed by atoms with Crippen LogP contribution >= 0.6 is 0 Å². The maximum atomic E-state index is 12.8. The molecule has 0 radical (unpaired) electrons. The molecule has 0 atom stereocenters. The van der Waals surface area contributed by atoms with Crippen molar-refractivity contribution >= 4 is 17.6 Å². The second-order valence-electron chi connectivity index (χ2n) is 7.54. The zero-order valence-electron chi connectivity index (χ0n) is 18.9. The van der Waals surface area contributed by atoms with Crippen molar-refractivity contribution in [1.29, 1.82) is 0 Å². The molecule has 32 heavy (non-hydrogen) atoms. The average molecular weight is 434 g/mol. The Morgan fingerprint density at radius 2 is 1.53 bits per heavy atom. The summed E-state index contributed by atoms with van der Waals surface area (Å²) in [6, 6.07) is 15.8. The number of rotatable bonds is 7. The lowest BCUT2D eigenvalue weighted by molar-refractivity contribution is 0.0600. The summed E-state index contributed by atoms with van der Waals surface area (Å²) in [4.78, 5) is 24.3. The fourth-order valence-corrected chi connectivity index (χ4v) is 3.35. The number of hydrogen-bond donors (Lipinski definition) is 1. The summed E-state index contributed by atoms with van der Waals surface area (Å²) in [5.74, 6) is 0.750. The Morgan fingerprint density at radius 3 is 2.19 bits per heavy atom. The van der Waals surface area contributed by atoms with Gasteiger partial charge in [-0.25, -0.2) is 4.79 Å². The third-order valence-electron chi connectivity index (χ3n) is 5.25. The molecule has 6 heteroatoms. The highest BCUT2D eigenvalue weighted by molar-refractivity contribution is 6.04. The first-order valence-electron chi connectivity index (χ1n) is 10.2. The first-order valence-corrected chi connectivity index (χ1v) is 10.2. The monoisotopic (exact) mass is 433 g/mol. The van der Waals surface area contributed by atoms with Crippen molar-refractivity contribution in [2.24, 2.45) is 0 Å². The summed E-state index contributed by atoms with van der Waals surface area (Å²) >= 11 is 0. The van der Waals surface area contributed by atoms with E-state index in [2.05, 4.69) is 23.0 Å². The number of nitrogens with one attached hydrogen (secondary N) is 1. The fraction of sp³-hybridized carbons (Fsp3) is 0.231. The normalized spacial score (nSPS) is 10.4. The van der Waals surface area contributed by atoms with Crippen molar-refractivity contribution in [3.8, 4) is 11.5 Å². The summed E-state index contributed by atoms with van der Waals surface area (Å²) in [5, 5.41) is 2.83. The molecule has 6 nitrogen and oxygen atoms in total. The number of hydrogen-bond acceptors (Lipinski definition) is 5. The molecule has 1 amide bonds. The highest BCUT2D eigenvalue weighted by Crippen LogP contribution is 2.27. The quantitative estimate of drug-likeness (QED) is 0.516. The van der Waals surface area contributed by atoms with E-state index in [9.17, 15) is 9.59 Å². The van der Waals surface area contributed by atoms with E-state index in [0.717, 1.165) is 22.4 Å². The summed E-state index contributed by atoms with van der Waals surface area (Å²) in [6.45, 7) is 6.37. The lowest BCUT2D eigenvalue weighted by Crippen LogP contribution is -2.13. The molecule has 0 saturated heterocycles. The molecule has 1 N–H and O–H groups in total. The minimum absolute atomic E-state index is 0.266. The van der Waals surface area contributed by atoms with Crippen LogP contribution in [0.25, 0.3) is 0 Å². The lowest BCUT2D eigenvalue weighted by Gasteiger charge is -2.15. The summed E-state index contributed by atoms with van der Waals surface area (Å²) in [5.41, 5.74) is 5.59. The van der Waals surface area contributed by atoms with Gasteiger partial charge in [0.15, 0.2) is 0 Å². The summed E-state index contributed by atoms with van der Waals surface area (Å²) < 4.78 is 16.2. The smallest absolute Gasteiger partial charge is 0.337 e. The topological polar surface area (TPSA) is 73.9 Å². The van der Waals surface area contributed by atoms with Crippen LogP contribution < -0.4 is 14.8 Å². The van der Waals surface area contributed by atoms with Crippen LogP contribution in [-0.2, 0) is 11.3 Å². The van der Waals surface area contributed by atoms with Gasteiger partial charge in [0.2, 0.25) is 0 Å². The standard InChI is InChI=1S/C26H27NO5/c1-16-12-17(2)18(3)24(13-16)32-15-21-14-20(8-11-23(21)30-4)25(28)27-22-9-6-19(7-10-22)26(29)31-5/h6-14H,15H2,1-5H3,(H,27,28). The molecule has 0 spiro atoms. The molecule has 0 unspecified atom stereocenters. The van der Waals surface area contributed by atoms with Crippen LogP contribution in [0.4, 0.5) is 5.69 Å². The molecule has 0 bridgehead atoms. The maximum absolute atomic E-state index is 12.8. The Morgan fingerprint density at radius 1 is 0.844 bits per heavy atom. The Balaban J connectivity index is 1.76. The van der Waals surface area contributed by atoms with Crippen molar-refractivity contribution in [3.63, 3.8) is 0 Å². The van der Waals surface area contributed by atoms with Gasteiger partial charge in [0, 0.05) is 16.8 Å². The van der Waals surface area contributed by atoms with Gasteiger partial charge < -0.3 is 19.5 Å². The molecule has 0 aliphatic rings. The van der Waals surface area contributed by atoms with E-state index < -0.39 is 5.97 Å². The van der Waals surface area contributed by atoms with Crippen molar-refractivity contribution in [3.05, 3.63) is 88.0 Å². The fourth-order valence-electron chi connectivity index (χ4n) is 3.35. The van der Waals surface area contributed by atoms with Gasteiger partial charge in [0.1, 0.15) is 18.1 Å². The zero-order valence-corrected chi connectivity index (χ0v) is 18.9. The van der Waals surface area contributed by atoms with E-state index in [1.54, 1.807) is 49.6 Å². The van der Waals surface area contributed by atoms with E-state index in [0.29, 0.717) is 22.6 Å². The van der Waals surface area contributed by atoms with Crippen molar-refractivity contribution < 1.29 is 23.8 Å². The SMILES string of the molecule is COC(=O)c1ccc(NC(=O)c2ccc(OC)c(COc3cc(C)cc(C)c3C)c2)cc1. The molecule has 0 aliphatic carbocycles. The number of benzene rings is 3. The Labute approximate surface area is 188 Å². The predicted molar refractivity (Wildman–Crippen MR) is 124 cm³/mol. The molecule has 0 aliphatic heterocycles. The molecule has 0 fully saturated rings. The highest BCUT2D eigenvalue weighted by atomic mass is 16.5. The van der Waals surface area contributed by atoms with Crippen LogP contribution in [0.5, 0.6) is 11.5 Å². The Kier molecular flexibility index (Phi) is 7.15. The molecule has 166 valence electrons. The van der Waals surface area contributed by atoms with Gasteiger partial charge in [-0.15, -0.1) is 0 Å². The number of esters is 1. The number of ether oxygens (including phenoxy) is 3. The third kappa shape index (κ3) is 5.27. The van der Waals surface area contributed by atoms with Crippen molar-refractivity contribution in [2.75, 3.05) is 19.5 Å². The van der Waals surface area contributed by atoms with Gasteiger partial charge in [-0.1, -0.05) is 6.07 Å². The molecule has 0 heterocycles. The van der Waals surface area contributed by atoms with E-state index in [1.807, 2.05) is 19.9 Å². The number of carbonyl (C=O) groups excluding carboxylic acids is 2. The number of carbonyl (C=O) groups is 2. The largest absolute Gasteiger partial charge is 0.496 e. The van der Waals surface area contributed by atoms with Crippen molar-refractivity contribution in [1.82, 2.24) is 0 Å². The molecular weight excluding hydrogens is 406 g/mol. The second-order valence-corrected chi connectivity index (χ2v) is 7.54. The number of anilines is 1. The van der Waals surface area contributed by atoms with Crippen LogP contribution in [-0.4, -0.2) is 26.1 Å². The van der Waals surface area contributed by atoms with Gasteiger partial charge in [-0.05, 0) is 86.0 Å². The second kappa shape index (κ2) is 10.0. The van der Waals surface area contributed by atoms with Crippen LogP contribution in [0.1, 0.15) is 43.0 Å². The molecule has 3 aromatic rings. The van der Waals surface area contributed by atoms with Crippen LogP contribution in [0, 0.1) is 20.8 Å². The molecule has 0 aromatic heterocycles. The van der Waals surface area contributed by atoms with Crippen LogP contribution in [0.3, 0.4) is 0 Å². The predicted octanol–water partition coefficient (Wildman–Crippen LogP) is 5.24. The average Bonchev–Trinajstić information content (AvgIpc) is 2.80. The van der Waals surface area contributed by atoms with Gasteiger partial charge in [0.05, 0.1) is 19.8 Å². The zero-order chi connectivity index (χ0) is 23.3. The lowest BCUT2D eigenvalue weighted by atomic mass is 10.1. The highest BCUT2D eigenvalue weighted by Gasteiger charge is 2.13. The molecular formula is C26H27NO5. The molecule has 0 saturated carbocycles. The van der Waals surface area contributed by atoms with Crippen LogP contribution in [0.2, 0.25) is 0 Å². The van der Waals surface area contributed by atoms with E-state index in [1.165, 1.54) is 12.7 Å². The van der Waals surface area contributed by atoms with Gasteiger partial charge in [0.25, 0.3) is 5.91 Å². The number of methoxy groups -OCH3 is 2. The Bertz CT molecular complexity index is 1140. The van der Waals surface area contributed by atoms with Gasteiger partial charge >= 0.3 is 5.97 Å². The first kappa shape index (κ1) is 22.9. The molecule has 3 aromatic carbocycles.